The highest BCUT2D eigenvalue weighted by atomic mass is 16.4. The van der Waals surface area contributed by atoms with Gasteiger partial charge in [-0.1, -0.05) is 32.6 Å². The smallest absolute Gasteiger partial charge is 0.310 e. The number of aliphatic hydroxyl groups excluding tert-OH is 1. The molecule has 0 radical (unpaired) electrons. The largest absolute Gasteiger partial charge is 0.481 e. The molecular weight excluding hydrogens is 216 g/mol. The average molecular weight is 240 g/mol. The number of aliphatic hydroxyl groups is 1. The number of carboxylic acid groups (broad SMARTS) is 1. The first-order chi connectivity index (χ1) is 8.10. The van der Waals surface area contributed by atoms with E-state index >= 15 is 0 Å². The van der Waals surface area contributed by atoms with Crippen LogP contribution in [0.2, 0.25) is 0 Å². The highest BCUT2D eigenvalue weighted by Gasteiger charge is 2.51. The van der Waals surface area contributed by atoms with E-state index in [1.165, 1.54) is 0 Å². The molecule has 2 rings (SSSR count). The second kappa shape index (κ2) is 4.97. The molecular formula is C14H24O3. The van der Waals surface area contributed by atoms with Crippen LogP contribution in [0.4, 0.5) is 0 Å². The molecule has 0 aromatic carbocycles. The second-order valence-electron chi connectivity index (χ2n) is 5.94. The number of carbonyl (C=O) groups is 1. The number of carboxylic acids is 1. The van der Waals surface area contributed by atoms with Crippen molar-refractivity contribution in [2.45, 2.75) is 64.4 Å². The van der Waals surface area contributed by atoms with Gasteiger partial charge in [0.15, 0.2) is 0 Å². The van der Waals surface area contributed by atoms with Crippen molar-refractivity contribution in [3.8, 4) is 0 Å². The molecule has 0 spiro atoms. The zero-order chi connectivity index (χ0) is 12.5. The van der Waals surface area contributed by atoms with E-state index in [-0.39, 0.29) is 12.0 Å². The number of rotatable bonds is 3. The minimum atomic E-state index is -0.665. The first kappa shape index (κ1) is 12.9. The maximum atomic E-state index is 11.8. The monoisotopic (exact) mass is 240 g/mol. The fourth-order valence-corrected chi connectivity index (χ4v) is 4.05. The zero-order valence-electron chi connectivity index (χ0n) is 10.7. The van der Waals surface area contributed by atoms with E-state index in [1.54, 1.807) is 0 Å². The lowest BCUT2D eigenvalue weighted by Gasteiger charge is -2.42. The summed E-state index contributed by atoms with van der Waals surface area (Å²) in [6.45, 7) is 2.15. The number of hydrogen-bond acceptors (Lipinski definition) is 2. The molecule has 4 unspecified atom stereocenters. The standard InChI is InChI=1S/C14H24O3/c1-2-10-5-4-8-14(9-10,13(16)17)11-6-3-7-12(11)15/h10-12,15H,2-9H2,1H3,(H,16,17). The highest BCUT2D eigenvalue weighted by Crippen LogP contribution is 2.51. The topological polar surface area (TPSA) is 57.5 Å². The molecule has 3 nitrogen and oxygen atoms in total. The Labute approximate surface area is 103 Å². The summed E-state index contributed by atoms with van der Waals surface area (Å²) in [4.78, 5) is 11.8. The molecule has 0 aliphatic heterocycles. The van der Waals surface area contributed by atoms with Crippen LogP contribution in [-0.2, 0) is 4.79 Å². The van der Waals surface area contributed by atoms with Crippen molar-refractivity contribution < 1.29 is 15.0 Å². The van der Waals surface area contributed by atoms with Crippen molar-refractivity contribution in [3.05, 3.63) is 0 Å². The summed E-state index contributed by atoms with van der Waals surface area (Å²) in [6.07, 6.45) is 7.06. The Balaban J connectivity index is 2.22. The Morgan fingerprint density at radius 2 is 2.06 bits per heavy atom. The predicted molar refractivity (Wildman–Crippen MR) is 65.7 cm³/mol. The third kappa shape index (κ3) is 2.22. The van der Waals surface area contributed by atoms with E-state index in [2.05, 4.69) is 6.92 Å². The highest BCUT2D eigenvalue weighted by molar-refractivity contribution is 5.75. The Bertz CT molecular complexity index is 289. The molecule has 0 bridgehead atoms. The molecule has 2 aliphatic carbocycles. The van der Waals surface area contributed by atoms with Crippen LogP contribution in [-0.4, -0.2) is 22.3 Å². The van der Waals surface area contributed by atoms with Crippen LogP contribution in [0.1, 0.15) is 58.3 Å². The zero-order valence-corrected chi connectivity index (χ0v) is 10.7. The summed E-state index contributed by atoms with van der Waals surface area (Å²) in [7, 11) is 0. The van der Waals surface area contributed by atoms with Gasteiger partial charge in [0.1, 0.15) is 0 Å². The molecule has 2 fully saturated rings. The summed E-state index contributed by atoms with van der Waals surface area (Å²) in [5, 5.41) is 19.7. The second-order valence-corrected chi connectivity index (χ2v) is 5.94. The molecule has 0 heterocycles. The van der Waals surface area contributed by atoms with Crippen LogP contribution in [0, 0.1) is 17.3 Å². The van der Waals surface area contributed by atoms with Crippen LogP contribution in [0.15, 0.2) is 0 Å². The Morgan fingerprint density at radius 3 is 2.59 bits per heavy atom. The molecule has 2 N–H and O–H groups in total. The van der Waals surface area contributed by atoms with Crippen molar-refractivity contribution in [2.24, 2.45) is 17.3 Å². The molecule has 4 atom stereocenters. The van der Waals surface area contributed by atoms with Crippen LogP contribution >= 0.6 is 0 Å². The summed E-state index contributed by atoms with van der Waals surface area (Å²) in [6, 6.07) is 0. The van der Waals surface area contributed by atoms with Crippen molar-refractivity contribution in [1.29, 1.82) is 0 Å². The number of aliphatic carboxylic acids is 1. The van der Waals surface area contributed by atoms with Gasteiger partial charge in [0, 0.05) is 5.92 Å². The molecule has 3 heteroatoms. The van der Waals surface area contributed by atoms with Crippen molar-refractivity contribution in [1.82, 2.24) is 0 Å². The predicted octanol–water partition coefficient (Wildman–Crippen LogP) is 2.82. The van der Waals surface area contributed by atoms with Crippen molar-refractivity contribution in [3.63, 3.8) is 0 Å². The van der Waals surface area contributed by atoms with Crippen molar-refractivity contribution in [2.75, 3.05) is 0 Å². The maximum absolute atomic E-state index is 11.8. The summed E-state index contributed by atoms with van der Waals surface area (Å²) < 4.78 is 0. The van der Waals surface area contributed by atoms with Gasteiger partial charge in [0.05, 0.1) is 11.5 Å². The fraction of sp³-hybridized carbons (Fsp3) is 0.929. The van der Waals surface area contributed by atoms with Crippen molar-refractivity contribution >= 4 is 5.97 Å². The lowest BCUT2D eigenvalue weighted by molar-refractivity contribution is -0.160. The summed E-state index contributed by atoms with van der Waals surface area (Å²) in [5.41, 5.74) is -0.630. The minimum absolute atomic E-state index is 0.00523. The normalized spacial score (nSPS) is 42.6. The Hall–Kier alpha value is -0.570. The van der Waals surface area contributed by atoms with Gasteiger partial charge in [0.25, 0.3) is 0 Å². The molecule has 0 saturated heterocycles. The lowest BCUT2D eigenvalue weighted by atomic mass is 9.61. The molecule has 0 amide bonds. The van der Waals surface area contributed by atoms with Gasteiger partial charge in [-0.05, 0) is 31.6 Å². The van der Waals surface area contributed by atoms with Gasteiger partial charge in [0.2, 0.25) is 0 Å². The van der Waals surface area contributed by atoms with Crippen LogP contribution < -0.4 is 0 Å². The first-order valence-corrected chi connectivity index (χ1v) is 7.01. The van der Waals surface area contributed by atoms with Crippen LogP contribution in [0.25, 0.3) is 0 Å². The van der Waals surface area contributed by atoms with Gasteiger partial charge in [-0.25, -0.2) is 0 Å². The van der Waals surface area contributed by atoms with Gasteiger partial charge >= 0.3 is 5.97 Å². The molecule has 2 saturated carbocycles. The quantitative estimate of drug-likeness (QED) is 0.797. The van der Waals surface area contributed by atoms with E-state index in [1.807, 2.05) is 0 Å². The van der Waals surface area contributed by atoms with Gasteiger partial charge in [-0.15, -0.1) is 0 Å². The maximum Gasteiger partial charge on any atom is 0.310 e. The van der Waals surface area contributed by atoms with Crippen LogP contribution in [0.3, 0.4) is 0 Å². The summed E-state index contributed by atoms with van der Waals surface area (Å²) >= 11 is 0. The SMILES string of the molecule is CCC1CCCC(C(=O)O)(C2CCCC2O)C1. The molecule has 2 aliphatic rings. The average Bonchev–Trinajstić information content (AvgIpc) is 2.75. The molecule has 17 heavy (non-hydrogen) atoms. The Morgan fingerprint density at radius 1 is 1.29 bits per heavy atom. The summed E-state index contributed by atoms with van der Waals surface area (Å²) in [5.74, 6) is -0.136. The van der Waals surface area contributed by atoms with E-state index in [0.29, 0.717) is 5.92 Å². The van der Waals surface area contributed by atoms with E-state index in [4.69, 9.17) is 0 Å². The van der Waals surface area contributed by atoms with E-state index < -0.39 is 11.4 Å². The third-order valence-electron chi connectivity index (χ3n) is 5.08. The van der Waals surface area contributed by atoms with Gasteiger partial charge in [-0.2, -0.15) is 0 Å². The Kier molecular flexibility index (Phi) is 3.76. The lowest BCUT2D eigenvalue weighted by Crippen LogP contribution is -2.45. The third-order valence-corrected chi connectivity index (χ3v) is 5.08. The number of hydrogen-bond donors (Lipinski definition) is 2. The molecule has 0 aromatic heterocycles. The molecule has 0 aromatic rings. The van der Waals surface area contributed by atoms with Crippen LogP contribution in [0.5, 0.6) is 0 Å². The fourth-order valence-electron chi connectivity index (χ4n) is 4.05. The minimum Gasteiger partial charge on any atom is -0.481 e. The van der Waals surface area contributed by atoms with Gasteiger partial charge < -0.3 is 10.2 Å². The van der Waals surface area contributed by atoms with E-state index in [0.717, 1.165) is 51.4 Å². The van der Waals surface area contributed by atoms with E-state index in [9.17, 15) is 15.0 Å². The molecule has 98 valence electrons. The first-order valence-electron chi connectivity index (χ1n) is 7.01. The van der Waals surface area contributed by atoms with Gasteiger partial charge in [-0.3, -0.25) is 4.79 Å².